The largest absolute Gasteiger partial charge is 0.462 e. The molecule has 0 aromatic carbocycles. The Balaban J connectivity index is 4.13. The van der Waals surface area contributed by atoms with Crippen LogP contribution in [-0.4, -0.2) is 37.2 Å². The van der Waals surface area contributed by atoms with Crippen molar-refractivity contribution in [3.8, 4) is 0 Å². The smallest absolute Gasteiger partial charge is 0.306 e. The third-order valence-electron chi connectivity index (χ3n) is 14.4. The van der Waals surface area contributed by atoms with Gasteiger partial charge in [0.05, 0.1) is 0 Å². The summed E-state index contributed by atoms with van der Waals surface area (Å²) >= 11 is 0. The van der Waals surface area contributed by atoms with Crippen LogP contribution in [0.4, 0.5) is 0 Å². The highest BCUT2D eigenvalue weighted by atomic mass is 16.6. The van der Waals surface area contributed by atoms with Gasteiger partial charge in [0.25, 0.3) is 0 Å². The summed E-state index contributed by atoms with van der Waals surface area (Å²) in [5.74, 6) is -0.970. The van der Waals surface area contributed by atoms with Gasteiger partial charge in [-0.2, -0.15) is 0 Å². The molecule has 0 aliphatic carbocycles. The van der Waals surface area contributed by atoms with Crippen LogP contribution in [0.15, 0.2) is 85.1 Å². The molecular formula is C71H124O6. The molecule has 0 saturated carbocycles. The van der Waals surface area contributed by atoms with Gasteiger partial charge in [0.15, 0.2) is 6.10 Å². The molecule has 0 saturated heterocycles. The zero-order valence-electron chi connectivity index (χ0n) is 51.0. The van der Waals surface area contributed by atoms with Crippen LogP contribution in [0.3, 0.4) is 0 Å². The van der Waals surface area contributed by atoms with Crippen LogP contribution in [0, 0.1) is 0 Å². The number of allylic oxidation sites excluding steroid dienone is 14. The third-order valence-corrected chi connectivity index (χ3v) is 14.4. The van der Waals surface area contributed by atoms with Gasteiger partial charge in [0, 0.05) is 19.3 Å². The van der Waals surface area contributed by atoms with E-state index in [2.05, 4.69) is 99.8 Å². The normalized spacial score (nSPS) is 12.6. The highest BCUT2D eigenvalue weighted by Crippen LogP contribution is 2.17. The number of hydrogen-bond acceptors (Lipinski definition) is 6. The van der Waals surface area contributed by atoms with Crippen molar-refractivity contribution in [1.29, 1.82) is 0 Å². The molecule has 1 unspecified atom stereocenters. The first-order valence-corrected chi connectivity index (χ1v) is 33.1. The first kappa shape index (κ1) is 73.6. The van der Waals surface area contributed by atoms with E-state index in [-0.39, 0.29) is 37.5 Å². The monoisotopic (exact) mass is 1070 g/mol. The summed E-state index contributed by atoms with van der Waals surface area (Å²) in [5, 5.41) is 0. The molecule has 0 aromatic rings. The number of unbranched alkanes of at least 4 members (excludes halogenated alkanes) is 35. The fraction of sp³-hybridized carbons (Fsp3) is 0.761. The van der Waals surface area contributed by atoms with E-state index < -0.39 is 6.10 Å². The first-order valence-electron chi connectivity index (χ1n) is 33.1. The number of hydrogen-bond donors (Lipinski definition) is 0. The molecule has 6 heteroatoms. The van der Waals surface area contributed by atoms with Gasteiger partial charge in [-0.3, -0.25) is 14.4 Å². The van der Waals surface area contributed by atoms with E-state index in [0.717, 1.165) is 77.0 Å². The predicted molar refractivity (Wildman–Crippen MR) is 334 cm³/mol. The minimum Gasteiger partial charge on any atom is -0.462 e. The second kappa shape index (κ2) is 65.1. The van der Waals surface area contributed by atoms with Crippen molar-refractivity contribution in [3.05, 3.63) is 85.1 Å². The Labute approximate surface area is 477 Å². The quantitative estimate of drug-likeness (QED) is 0.0261. The van der Waals surface area contributed by atoms with Crippen LogP contribution < -0.4 is 0 Å². The Hall–Kier alpha value is -3.41. The molecule has 0 fully saturated rings. The Bertz CT molecular complexity index is 1470. The molecule has 0 rings (SSSR count). The second-order valence-electron chi connectivity index (χ2n) is 22.0. The van der Waals surface area contributed by atoms with Crippen LogP contribution in [0.5, 0.6) is 0 Å². The fourth-order valence-electron chi connectivity index (χ4n) is 9.47. The maximum atomic E-state index is 12.8. The lowest BCUT2D eigenvalue weighted by atomic mass is 10.0. The van der Waals surface area contributed by atoms with Crippen molar-refractivity contribution in [2.24, 2.45) is 0 Å². The standard InChI is InChI=1S/C71H124O6/c1-4-7-10-13-16-19-22-25-26-27-28-29-30-31-32-33-34-35-36-37-38-39-40-41-42-43-44-47-49-52-55-58-61-64-70(73)76-67-68(77-71(74)65-62-59-56-53-50-46-24-21-18-15-12-9-6-3)66-75-69(72)63-60-57-54-51-48-45-23-20-17-14-11-8-5-2/h9,12,18,21-22,25,27-28,30-31,46,50,56,59,68H,4-8,10-11,13-17,19-20,23-24,26,29,32-45,47-49,51-55,57-58,60-67H2,1-3H3/b12-9-,21-18-,25-22-,28-27-,31-30-,50-46-,59-56-. The van der Waals surface area contributed by atoms with Crippen LogP contribution in [0.25, 0.3) is 0 Å². The molecule has 0 radical (unpaired) electrons. The van der Waals surface area contributed by atoms with Gasteiger partial charge >= 0.3 is 17.9 Å². The molecule has 444 valence electrons. The topological polar surface area (TPSA) is 78.9 Å². The molecule has 0 bridgehead atoms. The van der Waals surface area contributed by atoms with Gasteiger partial charge in [0.2, 0.25) is 0 Å². The second-order valence-corrected chi connectivity index (χ2v) is 22.0. The number of esters is 3. The Kier molecular flexibility index (Phi) is 62.2. The van der Waals surface area contributed by atoms with E-state index in [9.17, 15) is 14.4 Å². The number of carbonyl (C=O) groups is 3. The van der Waals surface area contributed by atoms with Crippen molar-refractivity contribution in [3.63, 3.8) is 0 Å². The van der Waals surface area contributed by atoms with Gasteiger partial charge in [-0.15, -0.1) is 0 Å². The van der Waals surface area contributed by atoms with Gasteiger partial charge < -0.3 is 14.2 Å². The van der Waals surface area contributed by atoms with E-state index >= 15 is 0 Å². The molecule has 1 atom stereocenters. The van der Waals surface area contributed by atoms with E-state index in [1.807, 2.05) is 6.08 Å². The van der Waals surface area contributed by atoms with Crippen molar-refractivity contribution in [2.45, 2.75) is 335 Å². The molecule has 0 heterocycles. The van der Waals surface area contributed by atoms with Crippen molar-refractivity contribution >= 4 is 17.9 Å². The number of ether oxygens (including phenoxy) is 3. The lowest BCUT2D eigenvalue weighted by Gasteiger charge is -2.18. The van der Waals surface area contributed by atoms with E-state index in [4.69, 9.17) is 14.2 Å². The highest BCUT2D eigenvalue weighted by Gasteiger charge is 2.19. The van der Waals surface area contributed by atoms with E-state index in [1.54, 1.807) is 0 Å². The highest BCUT2D eigenvalue weighted by molar-refractivity contribution is 5.71. The van der Waals surface area contributed by atoms with Crippen LogP contribution in [0.2, 0.25) is 0 Å². The molecular weight excluding hydrogens is 949 g/mol. The zero-order chi connectivity index (χ0) is 55.7. The van der Waals surface area contributed by atoms with Crippen molar-refractivity contribution in [2.75, 3.05) is 13.2 Å². The Morgan fingerprint density at radius 3 is 0.844 bits per heavy atom. The third kappa shape index (κ3) is 63.3. The average Bonchev–Trinajstić information content (AvgIpc) is 3.43. The lowest BCUT2D eigenvalue weighted by Crippen LogP contribution is -2.30. The molecule has 0 N–H and O–H groups in total. The van der Waals surface area contributed by atoms with Crippen molar-refractivity contribution < 1.29 is 28.6 Å². The van der Waals surface area contributed by atoms with Crippen molar-refractivity contribution in [1.82, 2.24) is 0 Å². The molecule has 0 aliphatic heterocycles. The summed E-state index contributed by atoms with van der Waals surface area (Å²) in [5.41, 5.74) is 0. The van der Waals surface area contributed by atoms with Crippen LogP contribution >= 0.6 is 0 Å². The lowest BCUT2D eigenvalue weighted by molar-refractivity contribution is -0.166. The minimum atomic E-state index is -0.812. The van der Waals surface area contributed by atoms with Gasteiger partial charge in [-0.05, 0) is 83.5 Å². The van der Waals surface area contributed by atoms with Crippen LogP contribution in [0.1, 0.15) is 329 Å². The van der Waals surface area contributed by atoms with E-state index in [0.29, 0.717) is 19.3 Å². The summed E-state index contributed by atoms with van der Waals surface area (Å²) < 4.78 is 16.8. The molecule has 0 aromatic heterocycles. The molecule has 0 amide bonds. The summed E-state index contributed by atoms with van der Waals surface area (Å²) in [6.07, 6.45) is 86.3. The number of rotatable bonds is 60. The average molecular weight is 1070 g/mol. The van der Waals surface area contributed by atoms with Gasteiger partial charge in [-0.1, -0.05) is 311 Å². The van der Waals surface area contributed by atoms with E-state index in [1.165, 1.54) is 205 Å². The fourth-order valence-corrected chi connectivity index (χ4v) is 9.47. The summed E-state index contributed by atoms with van der Waals surface area (Å²) in [6, 6.07) is 0. The van der Waals surface area contributed by atoms with Gasteiger partial charge in [-0.25, -0.2) is 0 Å². The molecule has 6 nitrogen and oxygen atoms in total. The SMILES string of the molecule is CC/C=C\C/C=C\C/C=C\C/C=C\CCC(=O)OC(COC(=O)CCCCCCCCCCCCCCC)COC(=O)CCCCCCCCCCCCCCCCCCCC/C=C\C/C=C\C/C=C\CCCCCCC. The summed E-state index contributed by atoms with van der Waals surface area (Å²) in [6.45, 7) is 6.48. The number of carbonyl (C=O) groups excluding carboxylic acids is 3. The predicted octanol–water partition coefficient (Wildman–Crippen LogP) is 22.7. The minimum absolute atomic E-state index is 0.101. The van der Waals surface area contributed by atoms with Gasteiger partial charge in [0.1, 0.15) is 13.2 Å². The Morgan fingerprint density at radius 2 is 0.532 bits per heavy atom. The van der Waals surface area contributed by atoms with Crippen LogP contribution in [-0.2, 0) is 28.6 Å². The zero-order valence-corrected chi connectivity index (χ0v) is 51.0. The summed E-state index contributed by atoms with van der Waals surface area (Å²) in [4.78, 5) is 38.2. The maximum absolute atomic E-state index is 12.8. The molecule has 0 spiro atoms. The first-order chi connectivity index (χ1) is 38.0. The summed E-state index contributed by atoms with van der Waals surface area (Å²) in [7, 11) is 0. The molecule has 0 aliphatic rings. The maximum Gasteiger partial charge on any atom is 0.306 e. The Morgan fingerprint density at radius 1 is 0.273 bits per heavy atom. The molecule has 77 heavy (non-hydrogen) atoms.